The fraction of sp³-hybridized carbons (Fsp3) is 0.545. The Morgan fingerprint density at radius 3 is 2.21 bits per heavy atom. The third-order valence-corrected chi connectivity index (χ3v) is 3.76. The smallest absolute Gasteiger partial charge is 0.352 e. The second-order valence-corrected chi connectivity index (χ2v) is 6.77. The van der Waals surface area contributed by atoms with Gasteiger partial charge in [-0.05, 0) is 34.6 Å². The van der Waals surface area contributed by atoms with Gasteiger partial charge in [-0.15, -0.1) is 0 Å². The predicted octanol–water partition coefficient (Wildman–Crippen LogP) is 1.34. The van der Waals surface area contributed by atoms with Crippen LogP contribution in [0, 0.1) is 13.8 Å². The first-order valence-corrected chi connectivity index (χ1v) is 7.06. The summed E-state index contributed by atoms with van der Waals surface area (Å²) in [7, 11) is -3.93. The topological polar surface area (TPSA) is 108 Å². The number of rotatable bonds is 4. The molecular weight excluding hydrogens is 272 g/mol. The number of aromatic amines is 1. The van der Waals surface area contributed by atoms with Gasteiger partial charge in [-0.25, -0.2) is 13.2 Å². The fourth-order valence-corrected chi connectivity index (χ4v) is 2.97. The molecule has 0 aliphatic rings. The molecule has 0 fully saturated rings. The maximum Gasteiger partial charge on any atom is 0.352 e. The number of aromatic nitrogens is 1. The van der Waals surface area contributed by atoms with Crippen LogP contribution in [0.15, 0.2) is 4.90 Å². The largest absolute Gasteiger partial charge is 0.477 e. The standard InChI is InChI=1S/C11H18N2O5S/c1-6-8(10(14)15)12-7(2)9(6)19(16,17)13-18-11(3,4)5/h12-13H,1-5H3,(H,14,15). The molecule has 0 radical (unpaired) electrons. The van der Waals surface area contributed by atoms with Gasteiger partial charge in [0.1, 0.15) is 10.6 Å². The summed E-state index contributed by atoms with van der Waals surface area (Å²) in [5, 5.41) is 8.95. The van der Waals surface area contributed by atoms with Gasteiger partial charge < -0.3 is 10.1 Å². The average Bonchev–Trinajstić information content (AvgIpc) is 2.51. The molecule has 8 heteroatoms. The van der Waals surface area contributed by atoms with E-state index < -0.39 is 21.6 Å². The third-order valence-electron chi connectivity index (χ3n) is 2.31. The van der Waals surface area contributed by atoms with Crippen molar-refractivity contribution in [3.05, 3.63) is 17.0 Å². The third kappa shape index (κ3) is 3.55. The van der Waals surface area contributed by atoms with Crippen molar-refractivity contribution in [2.75, 3.05) is 0 Å². The molecular formula is C11H18N2O5S. The monoisotopic (exact) mass is 290 g/mol. The zero-order valence-electron chi connectivity index (χ0n) is 11.5. The van der Waals surface area contributed by atoms with E-state index in [9.17, 15) is 13.2 Å². The minimum Gasteiger partial charge on any atom is -0.477 e. The van der Waals surface area contributed by atoms with Gasteiger partial charge in [-0.1, -0.05) is 4.89 Å². The zero-order valence-corrected chi connectivity index (χ0v) is 12.3. The molecule has 7 nitrogen and oxygen atoms in total. The highest BCUT2D eigenvalue weighted by Crippen LogP contribution is 2.23. The normalized spacial score (nSPS) is 12.7. The molecule has 0 unspecified atom stereocenters. The molecule has 0 amide bonds. The van der Waals surface area contributed by atoms with Crippen LogP contribution in [0.5, 0.6) is 0 Å². The van der Waals surface area contributed by atoms with Crippen LogP contribution in [-0.2, 0) is 14.9 Å². The summed E-state index contributed by atoms with van der Waals surface area (Å²) in [4.78, 5) is 20.4. The lowest BCUT2D eigenvalue weighted by Crippen LogP contribution is -2.34. The highest BCUT2D eigenvalue weighted by Gasteiger charge is 2.27. The van der Waals surface area contributed by atoms with Crippen molar-refractivity contribution in [3.8, 4) is 0 Å². The van der Waals surface area contributed by atoms with Crippen LogP contribution in [0.2, 0.25) is 0 Å². The molecule has 0 saturated carbocycles. The second kappa shape index (κ2) is 4.95. The maximum atomic E-state index is 12.1. The van der Waals surface area contributed by atoms with Gasteiger partial charge in [0.05, 0.1) is 5.60 Å². The first-order valence-electron chi connectivity index (χ1n) is 5.58. The maximum absolute atomic E-state index is 12.1. The van der Waals surface area contributed by atoms with E-state index in [0.29, 0.717) is 0 Å². The summed E-state index contributed by atoms with van der Waals surface area (Å²) in [5.74, 6) is -1.21. The average molecular weight is 290 g/mol. The fourth-order valence-electron chi connectivity index (χ4n) is 1.57. The number of aryl methyl sites for hydroxylation is 1. The van der Waals surface area contributed by atoms with Gasteiger partial charge in [0.2, 0.25) is 0 Å². The van der Waals surface area contributed by atoms with E-state index in [-0.39, 0.29) is 21.8 Å². The van der Waals surface area contributed by atoms with Crippen molar-refractivity contribution < 1.29 is 23.2 Å². The van der Waals surface area contributed by atoms with Gasteiger partial charge in [-0.2, -0.15) is 0 Å². The Bertz CT molecular complexity index is 595. The number of hydrogen-bond donors (Lipinski definition) is 3. The van der Waals surface area contributed by atoms with Crippen LogP contribution in [0.25, 0.3) is 0 Å². The first kappa shape index (κ1) is 15.7. The van der Waals surface area contributed by atoms with E-state index in [2.05, 4.69) is 4.98 Å². The molecule has 3 N–H and O–H groups in total. The SMILES string of the molecule is Cc1[nH]c(C(=O)O)c(C)c1S(=O)(=O)NOC(C)(C)C. The minimum absolute atomic E-state index is 0.103. The molecule has 0 aliphatic heterocycles. The molecule has 1 aromatic rings. The predicted molar refractivity (Wildman–Crippen MR) is 68.4 cm³/mol. The van der Waals surface area contributed by atoms with E-state index >= 15 is 0 Å². The first-order chi connectivity index (χ1) is 8.46. The molecule has 1 rings (SSSR count). The Kier molecular flexibility index (Phi) is 4.08. The summed E-state index contributed by atoms with van der Waals surface area (Å²) in [6, 6.07) is 0. The van der Waals surface area contributed by atoms with Crippen molar-refractivity contribution in [3.63, 3.8) is 0 Å². The molecule has 19 heavy (non-hydrogen) atoms. The Hall–Kier alpha value is -1.38. The summed E-state index contributed by atoms with van der Waals surface area (Å²) < 4.78 is 24.2. The van der Waals surface area contributed by atoms with Crippen molar-refractivity contribution in [1.29, 1.82) is 0 Å². The molecule has 0 spiro atoms. The second-order valence-electron chi connectivity index (χ2n) is 5.19. The van der Waals surface area contributed by atoms with Gasteiger partial charge in [0.15, 0.2) is 0 Å². The number of carboxylic acids is 1. The molecule has 0 aromatic carbocycles. The number of aromatic carboxylic acids is 1. The quantitative estimate of drug-likeness (QED) is 0.725. The Morgan fingerprint density at radius 1 is 1.32 bits per heavy atom. The summed E-state index contributed by atoms with van der Waals surface area (Å²) in [6.07, 6.45) is 0. The van der Waals surface area contributed by atoms with Gasteiger partial charge in [-0.3, -0.25) is 4.84 Å². The molecule has 0 aliphatic carbocycles. The Balaban J connectivity index is 3.19. The lowest BCUT2D eigenvalue weighted by atomic mass is 10.2. The summed E-state index contributed by atoms with van der Waals surface area (Å²) in [5.41, 5.74) is -0.440. The lowest BCUT2D eigenvalue weighted by molar-refractivity contribution is -0.0358. The lowest BCUT2D eigenvalue weighted by Gasteiger charge is -2.19. The number of carbonyl (C=O) groups is 1. The molecule has 0 saturated heterocycles. The van der Waals surface area contributed by atoms with E-state index in [0.717, 1.165) is 0 Å². The van der Waals surface area contributed by atoms with Crippen molar-refractivity contribution in [2.45, 2.75) is 45.1 Å². The molecule has 108 valence electrons. The molecule has 1 heterocycles. The molecule has 0 bridgehead atoms. The van der Waals surface area contributed by atoms with Gasteiger partial charge in [0, 0.05) is 11.3 Å². The van der Waals surface area contributed by atoms with E-state index in [1.54, 1.807) is 20.8 Å². The number of sulfonamides is 1. The summed E-state index contributed by atoms with van der Waals surface area (Å²) in [6.45, 7) is 7.99. The highest BCUT2D eigenvalue weighted by molar-refractivity contribution is 7.89. The van der Waals surface area contributed by atoms with E-state index in [4.69, 9.17) is 9.94 Å². The highest BCUT2D eigenvalue weighted by atomic mass is 32.2. The Labute approximate surface area is 112 Å². The van der Waals surface area contributed by atoms with Crippen LogP contribution < -0.4 is 4.89 Å². The van der Waals surface area contributed by atoms with Crippen molar-refractivity contribution in [1.82, 2.24) is 9.87 Å². The number of carboxylic acid groups (broad SMARTS) is 1. The number of nitrogens with one attached hydrogen (secondary N) is 2. The minimum atomic E-state index is -3.93. The van der Waals surface area contributed by atoms with Gasteiger partial charge >= 0.3 is 5.97 Å². The van der Waals surface area contributed by atoms with E-state index in [1.807, 2.05) is 4.89 Å². The van der Waals surface area contributed by atoms with Crippen LogP contribution >= 0.6 is 0 Å². The molecule has 0 atom stereocenters. The number of H-pyrrole nitrogens is 1. The summed E-state index contributed by atoms with van der Waals surface area (Å²) >= 11 is 0. The molecule has 1 aromatic heterocycles. The Morgan fingerprint density at radius 2 is 1.84 bits per heavy atom. The van der Waals surface area contributed by atoms with Gasteiger partial charge in [0.25, 0.3) is 10.0 Å². The van der Waals surface area contributed by atoms with E-state index in [1.165, 1.54) is 13.8 Å². The van der Waals surface area contributed by atoms with Crippen LogP contribution in [0.3, 0.4) is 0 Å². The van der Waals surface area contributed by atoms with Crippen molar-refractivity contribution >= 4 is 16.0 Å². The zero-order chi connectivity index (χ0) is 15.0. The van der Waals surface area contributed by atoms with Crippen LogP contribution in [0.1, 0.15) is 42.5 Å². The van der Waals surface area contributed by atoms with Crippen LogP contribution in [-0.4, -0.2) is 30.1 Å². The van der Waals surface area contributed by atoms with Crippen LogP contribution in [0.4, 0.5) is 0 Å². The van der Waals surface area contributed by atoms with Crippen molar-refractivity contribution in [2.24, 2.45) is 0 Å². The number of hydrogen-bond acceptors (Lipinski definition) is 4.